The van der Waals surface area contributed by atoms with Gasteiger partial charge in [0, 0.05) is 0 Å². The average molecular weight is 390 g/mol. The van der Waals surface area contributed by atoms with Crippen LogP contribution in [0.5, 0.6) is 0 Å². The summed E-state index contributed by atoms with van der Waals surface area (Å²) in [6, 6.07) is 15.0. The maximum absolute atomic E-state index is 12.6. The van der Waals surface area contributed by atoms with Crippen LogP contribution in [-0.2, 0) is 31.8 Å². The van der Waals surface area contributed by atoms with Crippen LogP contribution in [-0.4, -0.2) is 37.4 Å². The molecular weight excluding hydrogens is 368 g/mol. The molecule has 0 aliphatic carbocycles. The molecule has 0 fully saturated rings. The Morgan fingerprint density at radius 1 is 0.963 bits per heavy atom. The van der Waals surface area contributed by atoms with Crippen molar-refractivity contribution in [2.45, 2.75) is 30.7 Å². The Hall–Kier alpha value is -2.55. The summed E-state index contributed by atoms with van der Waals surface area (Å²) in [5.74, 6) is -2.17. The zero-order chi connectivity index (χ0) is 19.9. The monoisotopic (exact) mass is 390 g/mol. The van der Waals surface area contributed by atoms with Crippen LogP contribution < -0.4 is 10.5 Å². The van der Waals surface area contributed by atoms with Gasteiger partial charge in [-0.2, -0.15) is 0 Å². The second kappa shape index (κ2) is 9.40. The van der Waals surface area contributed by atoms with Gasteiger partial charge in [0.05, 0.1) is 24.3 Å². The Balaban J connectivity index is 2.20. The van der Waals surface area contributed by atoms with Crippen LogP contribution in [0.2, 0.25) is 0 Å². The number of aliphatic carboxylic acids is 1. The summed E-state index contributed by atoms with van der Waals surface area (Å²) in [7, 11) is -3.83. The number of sulfonamides is 1. The van der Waals surface area contributed by atoms with Gasteiger partial charge >= 0.3 is 5.97 Å². The fourth-order valence-corrected chi connectivity index (χ4v) is 4.00. The summed E-state index contributed by atoms with van der Waals surface area (Å²) in [4.78, 5) is 23.4. The molecule has 4 N–H and O–H groups in total. The van der Waals surface area contributed by atoms with Gasteiger partial charge < -0.3 is 10.8 Å². The Bertz CT molecular complexity index is 869. The zero-order valence-electron chi connectivity index (χ0n) is 14.6. The van der Waals surface area contributed by atoms with Gasteiger partial charge in [-0.3, -0.25) is 9.59 Å². The summed E-state index contributed by atoms with van der Waals surface area (Å²) >= 11 is 0. The second-order valence-corrected chi connectivity index (χ2v) is 7.97. The van der Waals surface area contributed by atoms with Gasteiger partial charge in [-0.1, -0.05) is 60.7 Å². The Morgan fingerprint density at radius 2 is 1.48 bits per heavy atom. The Kier molecular flexibility index (Phi) is 7.23. The van der Waals surface area contributed by atoms with Crippen LogP contribution >= 0.6 is 0 Å². The minimum Gasteiger partial charge on any atom is -0.481 e. The fraction of sp³-hybridized carbons (Fsp3) is 0.263. The molecular formula is C19H22N2O5S. The molecule has 0 saturated carbocycles. The van der Waals surface area contributed by atoms with Gasteiger partial charge in [0.25, 0.3) is 0 Å². The Labute approximate surface area is 158 Å². The molecule has 2 atom stereocenters. The third-order valence-electron chi connectivity index (χ3n) is 3.91. The van der Waals surface area contributed by atoms with E-state index in [0.717, 1.165) is 5.56 Å². The van der Waals surface area contributed by atoms with Crippen LogP contribution in [0.4, 0.5) is 0 Å². The largest absolute Gasteiger partial charge is 0.481 e. The van der Waals surface area contributed by atoms with Crippen LogP contribution in [0.25, 0.3) is 0 Å². The molecule has 0 amide bonds. The highest BCUT2D eigenvalue weighted by Crippen LogP contribution is 2.10. The van der Waals surface area contributed by atoms with E-state index in [1.54, 1.807) is 60.7 Å². The number of carbonyl (C=O) groups is 2. The lowest BCUT2D eigenvalue weighted by Gasteiger charge is -2.21. The van der Waals surface area contributed by atoms with Gasteiger partial charge in [-0.25, -0.2) is 13.1 Å². The van der Waals surface area contributed by atoms with Gasteiger partial charge in [0.1, 0.15) is 0 Å². The lowest BCUT2D eigenvalue weighted by atomic mass is 9.97. The van der Waals surface area contributed by atoms with Crippen LogP contribution in [0.1, 0.15) is 17.5 Å². The molecule has 0 bridgehead atoms. The molecule has 2 aromatic carbocycles. The van der Waals surface area contributed by atoms with Gasteiger partial charge in [-0.15, -0.1) is 0 Å². The maximum atomic E-state index is 12.6. The first-order valence-corrected chi connectivity index (χ1v) is 10.0. The van der Waals surface area contributed by atoms with Crippen LogP contribution in [0, 0.1) is 0 Å². The fourth-order valence-electron chi connectivity index (χ4n) is 2.65. The number of carboxylic acids is 1. The summed E-state index contributed by atoms with van der Waals surface area (Å²) in [6.45, 7) is 0. The second-order valence-electron chi connectivity index (χ2n) is 6.21. The molecule has 27 heavy (non-hydrogen) atoms. The highest BCUT2D eigenvalue weighted by molar-refractivity contribution is 7.88. The number of nitrogens with one attached hydrogen (secondary N) is 1. The number of hydrogen-bond donors (Lipinski definition) is 3. The van der Waals surface area contributed by atoms with Crippen molar-refractivity contribution < 1.29 is 23.1 Å². The standard InChI is InChI=1S/C19H22N2O5S/c20-16(12-18(22)23)19(24)17(11-14-7-3-1-4-8-14)21-27(25,26)13-15-9-5-2-6-10-15/h1-10,16-17,21H,11-13,20H2,(H,22,23)/t16-,17?/m0/s1. The first-order chi connectivity index (χ1) is 12.8. The van der Waals surface area contributed by atoms with Crippen molar-refractivity contribution >= 4 is 21.8 Å². The summed E-state index contributed by atoms with van der Waals surface area (Å²) in [6.07, 6.45) is -0.481. The molecule has 0 aromatic heterocycles. The van der Waals surface area contributed by atoms with Crippen molar-refractivity contribution in [2.24, 2.45) is 5.73 Å². The molecule has 1 unspecified atom stereocenters. The van der Waals surface area contributed by atoms with E-state index in [1.165, 1.54) is 0 Å². The summed E-state index contributed by atoms with van der Waals surface area (Å²) < 4.78 is 27.5. The number of carbonyl (C=O) groups excluding carboxylic acids is 1. The molecule has 0 radical (unpaired) electrons. The van der Waals surface area contributed by atoms with Crippen molar-refractivity contribution in [1.82, 2.24) is 4.72 Å². The van der Waals surface area contributed by atoms with E-state index in [4.69, 9.17) is 10.8 Å². The van der Waals surface area contributed by atoms with Crippen LogP contribution in [0.3, 0.4) is 0 Å². The van der Waals surface area contributed by atoms with E-state index >= 15 is 0 Å². The molecule has 144 valence electrons. The van der Waals surface area contributed by atoms with E-state index in [-0.39, 0.29) is 12.2 Å². The van der Waals surface area contributed by atoms with Crippen molar-refractivity contribution in [3.05, 3.63) is 71.8 Å². The molecule has 0 saturated heterocycles. The van der Waals surface area contributed by atoms with E-state index in [2.05, 4.69) is 4.72 Å². The lowest BCUT2D eigenvalue weighted by Crippen LogP contribution is -2.50. The number of hydrogen-bond acceptors (Lipinski definition) is 5. The van der Waals surface area contributed by atoms with E-state index in [0.29, 0.717) is 5.56 Å². The van der Waals surface area contributed by atoms with Gasteiger partial charge in [-0.05, 0) is 17.5 Å². The summed E-state index contributed by atoms with van der Waals surface area (Å²) in [5, 5.41) is 8.86. The average Bonchev–Trinajstić information content (AvgIpc) is 2.61. The smallest absolute Gasteiger partial charge is 0.305 e. The molecule has 7 nitrogen and oxygen atoms in total. The minimum atomic E-state index is -3.83. The third-order valence-corrected chi connectivity index (χ3v) is 5.26. The van der Waals surface area contributed by atoms with Crippen LogP contribution in [0.15, 0.2) is 60.7 Å². The lowest BCUT2D eigenvalue weighted by molar-refractivity contribution is -0.139. The number of rotatable bonds is 10. The molecule has 0 heterocycles. The quantitative estimate of drug-likeness (QED) is 0.557. The SMILES string of the molecule is N[C@@H](CC(=O)O)C(=O)C(Cc1ccccc1)NS(=O)(=O)Cc1ccccc1. The number of ketones is 1. The highest BCUT2D eigenvalue weighted by Gasteiger charge is 2.29. The molecule has 2 rings (SSSR count). The van der Waals surface area contributed by atoms with E-state index < -0.39 is 40.3 Å². The van der Waals surface area contributed by atoms with E-state index in [9.17, 15) is 18.0 Å². The first kappa shape index (κ1) is 20.8. The van der Waals surface area contributed by atoms with Gasteiger partial charge in [0.2, 0.25) is 10.0 Å². The molecule has 8 heteroatoms. The maximum Gasteiger partial charge on any atom is 0.305 e. The number of nitrogens with two attached hydrogens (primary N) is 1. The third kappa shape index (κ3) is 6.93. The van der Waals surface area contributed by atoms with Crippen molar-refractivity contribution in [3.63, 3.8) is 0 Å². The number of benzene rings is 2. The summed E-state index contributed by atoms with van der Waals surface area (Å²) in [5.41, 5.74) is 6.99. The molecule has 2 aromatic rings. The number of carboxylic acid groups (broad SMARTS) is 1. The zero-order valence-corrected chi connectivity index (χ0v) is 15.4. The molecule has 0 aliphatic rings. The molecule has 0 aliphatic heterocycles. The predicted octanol–water partition coefficient (Wildman–Crippen LogP) is 1.09. The topological polar surface area (TPSA) is 127 Å². The minimum absolute atomic E-state index is 0.0843. The van der Waals surface area contributed by atoms with E-state index in [1.807, 2.05) is 0 Å². The van der Waals surface area contributed by atoms with Crippen molar-refractivity contribution in [3.8, 4) is 0 Å². The predicted molar refractivity (Wildman–Crippen MR) is 101 cm³/mol. The van der Waals surface area contributed by atoms with Gasteiger partial charge in [0.15, 0.2) is 5.78 Å². The Morgan fingerprint density at radius 3 is 2.00 bits per heavy atom. The van der Waals surface area contributed by atoms with Crippen molar-refractivity contribution in [1.29, 1.82) is 0 Å². The molecule has 0 spiro atoms. The van der Waals surface area contributed by atoms with Crippen molar-refractivity contribution in [2.75, 3.05) is 0 Å². The number of Topliss-reactive ketones (excluding diaryl/α,β-unsaturated/α-hetero) is 1. The first-order valence-electron chi connectivity index (χ1n) is 8.36. The normalized spacial score (nSPS) is 13.7. The highest BCUT2D eigenvalue weighted by atomic mass is 32.2.